The number of thiazole rings is 2. The summed E-state index contributed by atoms with van der Waals surface area (Å²) in [5.74, 6) is 5.91. The second kappa shape index (κ2) is 11.1. The van der Waals surface area contributed by atoms with E-state index < -0.39 is 11.9 Å². The largest absolute Gasteiger partial charge is 0.382 e. The first-order chi connectivity index (χ1) is 20.0. The van der Waals surface area contributed by atoms with E-state index in [4.69, 9.17) is 10.7 Å². The molecule has 0 saturated heterocycles. The van der Waals surface area contributed by atoms with Crippen molar-refractivity contribution in [2.24, 2.45) is 0 Å². The molecule has 10 nitrogen and oxygen atoms in total. The van der Waals surface area contributed by atoms with Crippen LogP contribution in [0.1, 0.15) is 39.7 Å². The molecule has 0 radical (unpaired) electrons. The zero-order valence-corrected chi connectivity index (χ0v) is 23.1. The fourth-order valence-electron chi connectivity index (χ4n) is 4.23. The summed E-state index contributed by atoms with van der Waals surface area (Å²) in [4.78, 5) is 49.9. The number of nitrogens with one attached hydrogen (secondary N) is 1. The van der Waals surface area contributed by atoms with Crippen LogP contribution in [0.4, 0.5) is 5.82 Å². The van der Waals surface area contributed by atoms with E-state index in [0.717, 1.165) is 4.88 Å². The predicted octanol–water partition coefficient (Wildman–Crippen LogP) is 4.23. The Labute approximate surface area is 241 Å². The van der Waals surface area contributed by atoms with Crippen molar-refractivity contribution in [3.05, 3.63) is 110 Å². The van der Waals surface area contributed by atoms with Crippen LogP contribution in [0.3, 0.4) is 0 Å². The first-order valence-electron chi connectivity index (χ1n) is 12.3. The number of nitrogens with two attached hydrogens (primary N) is 1. The smallest absolute Gasteiger partial charge is 0.274 e. The first kappa shape index (κ1) is 26.0. The molecular formula is C29H20N8O2S2. The fraction of sp³-hybridized carbons (Fsp3) is 0.0690. The number of rotatable bonds is 5. The molecule has 41 heavy (non-hydrogen) atoms. The highest BCUT2D eigenvalue weighted by molar-refractivity contribution is 7.10. The van der Waals surface area contributed by atoms with Gasteiger partial charge >= 0.3 is 0 Å². The van der Waals surface area contributed by atoms with E-state index in [9.17, 15) is 9.59 Å². The number of anilines is 1. The highest BCUT2D eigenvalue weighted by Crippen LogP contribution is 2.22. The minimum atomic E-state index is -0.712. The van der Waals surface area contributed by atoms with Crippen LogP contribution in [0.15, 0.2) is 82.1 Å². The molecule has 1 unspecified atom stereocenters. The molecule has 6 aromatic rings. The Morgan fingerprint density at radius 2 is 1.85 bits per heavy atom. The van der Waals surface area contributed by atoms with E-state index in [1.165, 1.54) is 33.4 Å². The summed E-state index contributed by atoms with van der Waals surface area (Å²) in [5.41, 5.74) is 11.6. The Hall–Kier alpha value is -5.25. The number of nitrogens with zero attached hydrogens (tertiary/aromatic N) is 6. The van der Waals surface area contributed by atoms with Crippen molar-refractivity contribution in [1.29, 1.82) is 0 Å². The maximum atomic E-state index is 14.1. The second-order valence-corrected chi connectivity index (χ2v) is 10.4. The van der Waals surface area contributed by atoms with E-state index in [2.05, 4.69) is 37.1 Å². The van der Waals surface area contributed by atoms with Crippen molar-refractivity contribution in [3.63, 3.8) is 0 Å². The van der Waals surface area contributed by atoms with Gasteiger partial charge in [0.25, 0.3) is 11.5 Å². The molecule has 4 aromatic heterocycles. The molecule has 0 aliphatic rings. The highest BCUT2D eigenvalue weighted by Gasteiger charge is 2.23. The predicted molar refractivity (Wildman–Crippen MR) is 159 cm³/mol. The maximum Gasteiger partial charge on any atom is 0.274 e. The van der Waals surface area contributed by atoms with Crippen molar-refractivity contribution < 1.29 is 4.79 Å². The zero-order valence-electron chi connectivity index (χ0n) is 21.5. The molecule has 0 spiro atoms. The summed E-state index contributed by atoms with van der Waals surface area (Å²) in [6.07, 6.45) is 3.15. The van der Waals surface area contributed by atoms with Gasteiger partial charge in [0.1, 0.15) is 17.2 Å². The summed E-state index contributed by atoms with van der Waals surface area (Å²) in [6, 6.07) is 13.7. The molecule has 200 valence electrons. The summed E-state index contributed by atoms with van der Waals surface area (Å²) in [5, 5.41) is 5.07. The number of hydrogen-bond acceptors (Lipinski definition) is 10. The minimum Gasteiger partial charge on any atom is -0.382 e. The van der Waals surface area contributed by atoms with Crippen molar-refractivity contribution in [2.45, 2.75) is 13.0 Å². The SMILES string of the molecule is CC(NC(=O)c1nc(-c2cscn2)cnc1N)c1nc2cccc(C#Cc3cncs3)c2c(=O)n1-c1ccccc1. The van der Waals surface area contributed by atoms with Crippen molar-refractivity contribution in [3.8, 4) is 28.9 Å². The number of benzene rings is 2. The van der Waals surface area contributed by atoms with E-state index >= 15 is 0 Å². The molecule has 6 rings (SSSR count). The molecular weight excluding hydrogens is 557 g/mol. The van der Waals surface area contributed by atoms with Crippen molar-refractivity contribution in [2.75, 3.05) is 5.73 Å². The molecule has 0 bridgehead atoms. The second-order valence-electron chi connectivity index (χ2n) is 8.82. The molecule has 2 aromatic carbocycles. The van der Waals surface area contributed by atoms with Gasteiger partial charge in [0.2, 0.25) is 0 Å². The normalized spacial score (nSPS) is 11.5. The lowest BCUT2D eigenvalue weighted by atomic mass is 10.1. The molecule has 1 atom stereocenters. The lowest BCUT2D eigenvalue weighted by molar-refractivity contribution is 0.0933. The highest BCUT2D eigenvalue weighted by atomic mass is 32.1. The Bertz CT molecular complexity index is 1990. The Morgan fingerprint density at radius 1 is 1.00 bits per heavy atom. The van der Waals surface area contributed by atoms with Gasteiger partial charge in [-0.25, -0.2) is 19.9 Å². The number of nitrogen functional groups attached to an aromatic ring is 1. The van der Waals surface area contributed by atoms with Gasteiger partial charge in [0, 0.05) is 10.9 Å². The number of aromatic nitrogens is 6. The van der Waals surface area contributed by atoms with Crippen molar-refractivity contribution >= 4 is 45.3 Å². The number of amides is 1. The van der Waals surface area contributed by atoms with Gasteiger partial charge in [-0.05, 0) is 37.1 Å². The number of carbonyl (C=O) groups excluding carboxylic acids is 1. The number of para-hydroxylation sites is 1. The van der Waals surface area contributed by atoms with E-state index in [1.807, 2.05) is 18.2 Å². The quantitative estimate of drug-likeness (QED) is 0.291. The van der Waals surface area contributed by atoms with Gasteiger partial charge in [0.15, 0.2) is 11.5 Å². The van der Waals surface area contributed by atoms with Gasteiger partial charge < -0.3 is 11.1 Å². The van der Waals surface area contributed by atoms with Crippen LogP contribution >= 0.6 is 22.7 Å². The van der Waals surface area contributed by atoms with E-state index in [-0.39, 0.29) is 17.1 Å². The number of carbonyl (C=O) groups is 1. The molecule has 0 fully saturated rings. The van der Waals surface area contributed by atoms with E-state index in [0.29, 0.717) is 39.4 Å². The first-order valence-corrected chi connectivity index (χ1v) is 14.2. The van der Waals surface area contributed by atoms with E-state index in [1.54, 1.807) is 59.9 Å². The third kappa shape index (κ3) is 5.19. The Balaban J connectivity index is 1.44. The average molecular weight is 577 g/mol. The summed E-state index contributed by atoms with van der Waals surface area (Å²) in [7, 11) is 0. The summed E-state index contributed by atoms with van der Waals surface area (Å²) >= 11 is 2.82. The van der Waals surface area contributed by atoms with Gasteiger partial charge in [-0.3, -0.25) is 19.1 Å². The summed E-state index contributed by atoms with van der Waals surface area (Å²) < 4.78 is 1.49. The van der Waals surface area contributed by atoms with Crippen LogP contribution in [0.25, 0.3) is 28.0 Å². The summed E-state index contributed by atoms with van der Waals surface area (Å²) in [6.45, 7) is 1.74. The number of hydrogen-bond donors (Lipinski definition) is 2. The molecule has 0 aliphatic carbocycles. The Morgan fingerprint density at radius 3 is 2.61 bits per heavy atom. The Kier molecular flexibility index (Phi) is 7.03. The molecule has 0 saturated carbocycles. The van der Waals surface area contributed by atoms with Gasteiger partial charge in [0.05, 0.1) is 50.9 Å². The fourth-order valence-corrected chi connectivity index (χ4v) is 5.25. The van der Waals surface area contributed by atoms with Crippen LogP contribution in [0.2, 0.25) is 0 Å². The van der Waals surface area contributed by atoms with Crippen LogP contribution < -0.4 is 16.6 Å². The standard InChI is InChI=1S/C29H20N8O2S2/c1-17(34-28(38)25-26(30)32-13-22(35-25)23-14-40-16-33-23)27-36-21-9-5-6-18(10-11-20-12-31-15-41-20)24(21)29(39)37(27)19-7-3-2-4-8-19/h2-9,12-17H,1H3,(H2,30,32)(H,34,38). The lowest BCUT2D eigenvalue weighted by Crippen LogP contribution is -2.34. The van der Waals surface area contributed by atoms with Crippen LogP contribution in [-0.4, -0.2) is 35.4 Å². The van der Waals surface area contributed by atoms with Crippen molar-refractivity contribution in [1.82, 2.24) is 34.8 Å². The topological polar surface area (TPSA) is 142 Å². The molecule has 3 N–H and O–H groups in total. The zero-order chi connectivity index (χ0) is 28.3. The molecule has 1 amide bonds. The maximum absolute atomic E-state index is 14.1. The van der Waals surface area contributed by atoms with Crippen LogP contribution in [0.5, 0.6) is 0 Å². The molecule has 0 aliphatic heterocycles. The number of fused-ring (bicyclic) bond motifs is 1. The monoisotopic (exact) mass is 576 g/mol. The van der Waals surface area contributed by atoms with Crippen LogP contribution in [0, 0.1) is 11.8 Å². The average Bonchev–Trinajstić information content (AvgIpc) is 3.72. The van der Waals surface area contributed by atoms with Crippen LogP contribution in [-0.2, 0) is 0 Å². The molecule has 4 heterocycles. The molecule has 12 heteroatoms. The third-order valence-electron chi connectivity index (χ3n) is 6.14. The van der Waals surface area contributed by atoms with Gasteiger partial charge in [-0.15, -0.1) is 22.7 Å². The third-order valence-corrected chi connectivity index (χ3v) is 7.41. The van der Waals surface area contributed by atoms with Gasteiger partial charge in [-0.1, -0.05) is 30.2 Å². The lowest BCUT2D eigenvalue weighted by Gasteiger charge is -2.20. The minimum absolute atomic E-state index is 0.0234. The van der Waals surface area contributed by atoms with Gasteiger partial charge in [-0.2, -0.15) is 0 Å².